The van der Waals surface area contributed by atoms with Gasteiger partial charge < -0.3 is 24.3 Å². The molecule has 2 aromatic rings. The number of hydrogen-bond acceptors (Lipinski definition) is 4. The largest absolute Gasteiger partial charge is 0.491 e. The topological polar surface area (TPSA) is 109 Å². The number of carboxylic acid groups (broad SMARTS) is 1. The SMILES string of the molecule is Cn1ccn(Cc2cc(Br)c3c(c2)C(=O)[C@@H](CC2CCC(NC(=O)O)CC2)CO3)c1=N. The van der Waals surface area contributed by atoms with Crippen LogP contribution < -0.4 is 15.7 Å². The second kappa shape index (κ2) is 8.90. The fraction of sp³-hybridized carbons (Fsp3) is 0.500. The predicted molar refractivity (Wildman–Crippen MR) is 117 cm³/mol. The number of nitrogens with zero attached hydrogens (tertiary/aromatic N) is 2. The first-order valence-corrected chi connectivity index (χ1v) is 11.4. The molecular formula is C22H27BrN4O4. The van der Waals surface area contributed by atoms with Crippen LogP contribution in [0, 0.1) is 17.2 Å². The van der Waals surface area contributed by atoms with Gasteiger partial charge in [-0.05, 0) is 71.6 Å². The Kier molecular flexibility index (Phi) is 6.22. The van der Waals surface area contributed by atoms with Gasteiger partial charge in [0.15, 0.2) is 5.78 Å². The number of ketones is 1. The number of amides is 1. The van der Waals surface area contributed by atoms with Crippen LogP contribution in [0.15, 0.2) is 29.0 Å². The normalized spacial score (nSPS) is 23.2. The molecule has 3 N–H and O–H groups in total. The number of Topliss-reactive ketones (excluding diaryl/α,β-unsaturated/α-hetero) is 1. The van der Waals surface area contributed by atoms with Crippen LogP contribution in [0.3, 0.4) is 0 Å². The highest BCUT2D eigenvalue weighted by molar-refractivity contribution is 9.10. The average Bonchev–Trinajstić information content (AvgIpc) is 3.03. The van der Waals surface area contributed by atoms with Crippen molar-refractivity contribution in [3.05, 3.63) is 45.7 Å². The number of ether oxygens (including phenoxy) is 1. The number of imidazole rings is 1. The standard InChI is InChI=1S/C22H27BrN4O4/c1-26-6-7-27(21(26)24)11-14-9-17-19(28)15(12-31-20(17)18(23)10-14)8-13-2-4-16(5-3-13)25-22(29)30/h6-7,9-10,13,15-16,24-25H,2-5,8,11-12H2,1H3,(H,29,30)/t13?,15-,16?/m0/s1. The third kappa shape index (κ3) is 4.71. The molecule has 1 aliphatic heterocycles. The van der Waals surface area contributed by atoms with Crippen molar-refractivity contribution in [2.24, 2.45) is 18.9 Å². The molecule has 9 heteroatoms. The zero-order chi connectivity index (χ0) is 22.1. The summed E-state index contributed by atoms with van der Waals surface area (Å²) in [5.41, 5.74) is 1.93. The van der Waals surface area contributed by atoms with Gasteiger partial charge in [-0.2, -0.15) is 0 Å². The molecule has 1 aromatic carbocycles. The molecule has 0 bridgehead atoms. The van der Waals surface area contributed by atoms with E-state index in [0.717, 1.165) is 42.1 Å². The van der Waals surface area contributed by atoms with Crippen molar-refractivity contribution in [1.29, 1.82) is 5.41 Å². The van der Waals surface area contributed by atoms with E-state index in [-0.39, 0.29) is 17.7 Å². The Balaban J connectivity index is 1.45. The van der Waals surface area contributed by atoms with Crippen molar-refractivity contribution in [3.8, 4) is 5.75 Å². The van der Waals surface area contributed by atoms with Crippen LogP contribution in [0.4, 0.5) is 4.79 Å². The van der Waals surface area contributed by atoms with Crippen molar-refractivity contribution in [3.63, 3.8) is 0 Å². The van der Waals surface area contributed by atoms with Gasteiger partial charge in [0.05, 0.1) is 29.1 Å². The smallest absolute Gasteiger partial charge is 0.404 e. The summed E-state index contributed by atoms with van der Waals surface area (Å²) in [6, 6.07) is 3.85. The lowest BCUT2D eigenvalue weighted by Gasteiger charge is -2.32. The zero-order valence-corrected chi connectivity index (χ0v) is 19.0. The molecule has 1 fully saturated rings. The van der Waals surface area contributed by atoms with Gasteiger partial charge >= 0.3 is 6.09 Å². The molecule has 8 nitrogen and oxygen atoms in total. The van der Waals surface area contributed by atoms with Gasteiger partial charge in [-0.15, -0.1) is 0 Å². The summed E-state index contributed by atoms with van der Waals surface area (Å²) in [5, 5.41) is 19.6. The van der Waals surface area contributed by atoms with Gasteiger partial charge in [0, 0.05) is 25.5 Å². The van der Waals surface area contributed by atoms with Crippen LogP contribution in [0.1, 0.15) is 48.0 Å². The number of rotatable bonds is 5. The zero-order valence-electron chi connectivity index (χ0n) is 17.4. The third-order valence-electron chi connectivity index (χ3n) is 6.39. The van der Waals surface area contributed by atoms with E-state index in [4.69, 9.17) is 15.3 Å². The summed E-state index contributed by atoms with van der Waals surface area (Å²) in [6.07, 6.45) is 6.95. The third-order valence-corrected chi connectivity index (χ3v) is 6.98. The number of aryl methyl sites for hydroxylation is 1. The number of nitrogens with one attached hydrogen (secondary N) is 2. The lowest BCUT2D eigenvalue weighted by molar-refractivity contribution is 0.0782. The van der Waals surface area contributed by atoms with Crippen molar-refractivity contribution in [2.75, 3.05) is 6.61 Å². The Labute approximate surface area is 188 Å². The number of carbonyl (C=O) groups excluding carboxylic acids is 1. The number of carbonyl (C=O) groups is 2. The molecule has 0 radical (unpaired) electrons. The number of hydrogen-bond donors (Lipinski definition) is 3. The van der Waals surface area contributed by atoms with E-state index in [2.05, 4.69) is 21.2 Å². The molecule has 166 valence electrons. The molecular weight excluding hydrogens is 464 g/mol. The van der Waals surface area contributed by atoms with E-state index < -0.39 is 6.09 Å². The van der Waals surface area contributed by atoms with E-state index >= 15 is 0 Å². The maximum Gasteiger partial charge on any atom is 0.404 e. The van der Waals surface area contributed by atoms with Crippen LogP contribution in [0.2, 0.25) is 0 Å². The van der Waals surface area contributed by atoms with E-state index in [9.17, 15) is 9.59 Å². The maximum atomic E-state index is 13.3. The van der Waals surface area contributed by atoms with Crippen LogP contribution in [-0.2, 0) is 13.6 Å². The van der Waals surface area contributed by atoms with Gasteiger partial charge in [0.1, 0.15) is 5.75 Å². The summed E-state index contributed by atoms with van der Waals surface area (Å²) in [5.74, 6) is 0.935. The van der Waals surface area contributed by atoms with Gasteiger partial charge in [0.25, 0.3) is 0 Å². The first-order chi connectivity index (χ1) is 14.8. The van der Waals surface area contributed by atoms with Crippen molar-refractivity contribution < 1.29 is 19.4 Å². The lowest BCUT2D eigenvalue weighted by Crippen LogP contribution is -2.37. The fourth-order valence-electron chi connectivity index (χ4n) is 4.69. The van der Waals surface area contributed by atoms with Crippen molar-refractivity contribution >= 4 is 27.8 Å². The van der Waals surface area contributed by atoms with E-state index in [1.54, 1.807) is 4.57 Å². The minimum Gasteiger partial charge on any atom is -0.491 e. The Morgan fingerprint density at radius 1 is 1.29 bits per heavy atom. The van der Waals surface area contributed by atoms with Gasteiger partial charge in [-0.1, -0.05) is 0 Å². The quantitative estimate of drug-likeness (QED) is 0.595. The molecule has 0 spiro atoms. The van der Waals surface area contributed by atoms with Crippen LogP contribution >= 0.6 is 15.9 Å². The second-order valence-electron chi connectivity index (χ2n) is 8.59. The van der Waals surface area contributed by atoms with Crippen molar-refractivity contribution in [1.82, 2.24) is 14.5 Å². The molecule has 1 amide bonds. The highest BCUT2D eigenvalue weighted by atomic mass is 79.9. The Morgan fingerprint density at radius 3 is 2.68 bits per heavy atom. The molecule has 1 aliphatic carbocycles. The van der Waals surface area contributed by atoms with E-state index in [1.807, 2.05) is 36.1 Å². The summed E-state index contributed by atoms with van der Waals surface area (Å²) in [4.78, 5) is 24.1. The molecule has 2 heterocycles. The first kappa shape index (κ1) is 21.7. The highest BCUT2D eigenvalue weighted by Crippen LogP contribution is 2.39. The minimum absolute atomic E-state index is 0.0173. The second-order valence-corrected chi connectivity index (χ2v) is 9.44. The average molecular weight is 491 g/mol. The monoisotopic (exact) mass is 490 g/mol. The number of fused-ring (bicyclic) bond motifs is 1. The van der Waals surface area contributed by atoms with Gasteiger partial charge in [-0.3, -0.25) is 10.2 Å². The molecule has 0 saturated heterocycles. The lowest BCUT2D eigenvalue weighted by atomic mass is 9.78. The molecule has 1 aromatic heterocycles. The first-order valence-electron chi connectivity index (χ1n) is 10.6. The Hall–Kier alpha value is -2.55. The molecule has 1 saturated carbocycles. The molecule has 4 rings (SSSR count). The fourth-order valence-corrected chi connectivity index (χ4v) is 5.32. The summed E-state index contributed by atoms with van der Waals surface area (Å²) in [7, 11) is 1.83. The summed E-state index contributed by atoms with van der Waals surface area (Å²) < 4.78 is 10.3. The Bertz CT molecular complexity index is 1050. The maximum absolute atomic E-state index is 13.3. The number of benzene rings is 1. The van der Waals surface area contributed by atoms with Crippen molar-refractivity contribution in [2.45, 2.75) is 44.7 Å². The van der Waals surface area contributed by atoms with Crippen LogP contribution in [0.5, 0.6) is 5.75 Å². The van der Waals surface area contributed by atoms with Gasteiger partial charge in [0.2, 0.25) is 5.62 Å². The minimum atomic E-state index is -0.969. The summed E-state index contributed by atoms with van der Waals surface area (Å²) in [6.45, 7) is 0.880. The molecule has 2 aliphatic rings. The van der Waals surface area contributed by atoms with E-state index in [0.29, 0.717) is 36.0 Å². The number of aromatic nitrogens is 2. The Morgan fingerprint density at radius 2 is 2.03 bits per heavy atom. The van der Waals surface area contributed by atoms with Gasteiger partial charge in [-0.25, -0.2) is 4.79 Å². The summed E-state index contributed by atoms with van der Waals surface area (Å²) >= 11 is 3.55. The highest BCUT2D eigenvalue weighted by Gasteiger charge is 2.34. The molecule has 0 unspecified atom stereocenters. The number of halogens is 1. The molecule has 31 heavy (non-hydrogen) atoms. The van der Waals surface area contributed by atoms with Crippen LogP contribution in [-0.4, -0.2) is 38.8 Å². The van der Waals surface area contributed by atoms with Crippen LogP contribution in [0.25, 0.3) is 0 Å². The van der Waals surface area contributed by atoms with E-state index in [1.165, 1.54) is 0 Å². The predicted octanol–water partition coefficient (Wildman–Crippen LogP) is 3.52. The molecule has 1 atom stereocenters.